The average molecular weight is 304 g/mol. The minimum absolute atomic E-state index is 0.273. The quantitative estimate of drug-likeness (QED) is 0.797. The van der Waals surface area contributed by atoms with E-state index in [1.807, 2.05) is 12.1 Å². The maximum absolute atomic E-state index is 12.7. The largest absolute Gasteiger partial charge is 0.332 e. The van der Waals surface area contributed by atoms with Gasteiger partial charge in [-0.1, -0.05) is 23.7 Å². The first-order valence-corrected chi connectivity index (χ1v) is 8.68. The molecule has 3 heteroatoms. The van der Waals surface area contributed by atoms with Crippen LogP contribution in [-0.2, 0) is 4.79 Å². The summed E-state index contributed by atoms with van der Waals surface area (Å²) in [5.41, 5.74) is 1.26. The molecule has 1 aromatic carbocycles. The van der Waals surface area contributed by atoms with Gasteiger partial charge in [-0.05, 0) is 68.1 Å². The van der Waals surface area contributed by atoms with Crippen LogP contribution in [-0.4, -0.2) is 16.8 Å². The van der Waals surface area contributed by atoms with E-state index in [1.54, 1.807) is 0 Å². The first-order valence-electron chi connectivity index (χ1n) is 8.30. The van der Waals surface area contributed by atoms with Gasteiger partial charge in [-0.2, -0.15) is 0 Å². The first kappa shape index (κ1) is 13.6. The Kier molecular flexibility index (Phi) is 3.45. The second kappa shape index (κ2) is 5.31. The molecule has 0 bridgehead atoms. The van der Waals surface area contributed by atoms with Crippen LogP contribution >= 0.6 is 11.6 Å². The Morgan fingerprint density at radius 1 is 1.00 bits per heavy atom. The van der Waals surface area contributed by atoms with E-state index in [0.29, 0.717) is 11.9 Å². The molecular formula is C18H22ClNO. The van der Waals surface area contributed by atoms with Crippen molar-refractivity contribution in [2.75, 3.05) is 0 Å². The van der Waals surface area contributed by atoms with E-state index in [9.17, 15) is 4.79 Å². The fraction of sp³-hybridized carbons (Fsp3) is 0.611. The highest BCUT2D eigenvalue weighted by Gasteiger charge is 2.48. The maximum Gasteiger partial charge on any atom is 0.223 e. The van der Waals surface area contributed by atoms with Gasteiger partial charge in [-0.15, -0.1) is 0 Å². The highest BCUT2D eigenvalue weighted by Crippen LogP contribution is 2.50. The molecule has 1 heterocycles. The third kappa shape index (κ3) is 2.70. The molecule has 4 rings (SSSR count). The third-order valence-corrected chi connectivity index (χ3v) is 5.53. The Hall–Kier alpha value is -1.02. The topological polar surface area (TPSA) is 20.3 Å². The Morgan fingerprint density at radius 2 is 1.62 bits per heavy atom. The van der Waals surface area contributed by atoms with E-state index < -0.39 is 0 Å². The molecule has 0 radical (unpaired) electrons. The summed E-state index contributed by atoms with van der Waals surface area (Å²) >= 11 is 6.02. The summed E-state index contributed by atoms with van der Waals surface area (Å²) in [5.74, 6) is 1.92. The highest BCUT2D eigenvalue weighted by atomic mass is 35.5. The van der Waals surface area contributed by atoms with E-state index in [-0.39, 0.29) is 6.04 Å². The number of benzene rings is 1. The molecule has 112 valence electrons. The molecule has 21 heavy (non-hydrogen) atoms. The standard InChI is InChI=1S/C18H22ClNO/c19-15-10-8-12(9-11-15)16-2-1-3-17(21)20(16)18(13-4-5-13)14-6-7-14/h8-11,13-14,16,18H,1-7H2/t16-/m0/s1. The summed E-state index contributed by atoms with van der Waals surface area (Å²) in [7, 11) is 0. The van der Waals surface area contributed by atoms with Crippen molar-refractivity contribution in [2.24, 2.45) is 11.8 Å². The molecule has 2 nitrogen and oxygen atoms in total. The fourth-order valence-corrected chi connectivity index (χ4v) is 4.12. The van der Waals surface area contributed by atoms with Crippen molar-refractivity contribution in [3.63, 3.8) is 0 Å². The lowest BCUT2D eigenvalue weighted by atomic mass is 9.90. The molecule has 1 aromatic rings. The number of hydrogen-bond acceptors (Lipinski definition) is 1. The van der Waals surface area contributed by atoms with Gasteiger partial charge >= 0.3 is 0 Å². The maximum atomic E-state index is 12.7. The number of hydrogen-bond donors (Lipinski definition) is 0. The van der Waals surface area contributed by atoms with E-state index in [0.717, 1.165) is 36.1 Å². The highest BCUT2D eigenvalue weighted by molar-refractivity contribution is 6.30. The lowest BCUT2D eigenvalue weighted by Gasteiger charge is -2.42. The molecule has 2 aliphatic carbocycles. The Balaban J connectivity index is 1.65. The van der Waals surface area contributed by atoms with Crippen molar-refractivity contribution < 1.29 is 4.79 Å². The zero-order valence-corrected chi connectivity index (χ0v) is 13.1. The van der Waals surface area contributed by atoms with Crippen LogP contribution in [0.4, 0.5) is 0 Å². The number of nitrogens with zero attached hydrogens (tertiary/aromatic N) is 1. The Bertz CT molecular complexity index is 521. The van der Waals surface area contributed by atoms with Crippen LogP contribution in [0.2, 0.25) is 5.02 Å². The predicted molar refractivity (Wildman–Crippen MR) is 84.1 cm³/mol. The fourth-order valence-electron chi connectivity index (χ4n) is 3.99. The summed E-state index contributed by atoms with van der Waals surface area (Å²) in [6.07, 6.45) is 8.13. The summed E-state index contributed by atoms with van der Waals surface area (Å²) < 4.78 is 0. The van der Waals surface area contributed by atoms with Crippen molar-refractivity contribution in [1.82, 2.24) is 4.90 Å². The number of amides is 1. The summed E-state index contributed by atoms with van der Waals surface area (Å²) in [6.45, 7) is 0. The van der Waals surface area contributed by atoms with Gasteiger partial charge in [0.25, 0.3) is 0 Å². The Labute approximate surface area is 131 Å². The van der Waals surface area contributed by atoms with Crippen LogP contribution in [0.3, 0.4) is 0 Å². The van der Waals surface area contributed by atoms with Gasteiger partial charge in [0.2, 0.25) is 5.91 Å². The summed E-state index contributed by atoms with van der Waals surface area (Å²) in [5, 5.41) is 0.772. The monoisotopic (exact) mass is 303 g/mol. The predicted octanol–water partition coefficient (Wildman–Crippen LogP) is 4.58. The van der Waals surface area contributed by atoms with Crippen molar-refractivity contribution >= 4 is 17.5 Å². The van der Waals surface area contributed by atoms with Crippen LogP contribution in [0.25, 0.3) is 0 Å². The Morgan fingerprint density at radius 3 is 2.19 bits per heavy atom. The number of rotatable bonds is 4. The normalized spacial score (nSPS) is 26.5. The van der Waals surface area contributed by atoms with Crippen molar-refractivity contribution in [3.05, 3.63) is 34.9 Å². The number of carbonyl (C=O) groups is 1. The van der Waals surface area contributed by atoms with Gasteiger partial charge in [-0.25, -0.2) is 0 Å². The lowest BCUT2D eigenvalue weighted by molar-refractivity contribution is -0.141. The second-order valence-electron chi connectivity index (χ2n) is 6.93. The smallest absolute Gasteiger partial charge is 0.223 e. The van der Waals surface area contributed by atoms with Gasteiger partial charge in [0.15, 0.2) is 0 Å². The first-order chi connectivity index (χ1) is 10.2. The van der Waals surface area contributed by atoms with Crippen LogP contribution in [0, 0.1) is 11.8 Å². The van der Waals surface area contributed by atoms with Crippen LogP contribution in [0.5, 0.6) is 0 Å². The molecule has 1 saturated heterocycles. The molecule has 3 fully saturated rings. The average Bonchev–Trinajstić information content (AvgIpc) is 3.36. The lowest BCUT2D eigenvalue weighted by Crippen LogP contribution is -2.47. The molecule has 0 spiro atoms. The number of halogens is 1. The van der Waals surface area contributed by atoms with E-state index >= 15 is 0 Å². The minimum atomic E-state index is 0.273. The van der Waals surface area contributed by atoms with Crippen molar-refractivity contribution in [2.45, 2.75) is 57.0 Å². The van der Waals surface area contributed by atoms with Gasteiger partial charge in [0.1, 0.15) is 0 Å². The number of carbonyl (C=O) groups excluding carboxylic acids is 1. The molecule has 0 aromatic heterocycles. The molecule has 1 amide bonds. The summed E-state index contributed by atoms with van der Waals surface area (Å²) in [4.78, 5) is 14.9. The zero-order chi connectivity index (χ0) is 14.4. The number of likely N-dealkylation sites (tertiary alicyclic amines) is 1. The van der Waals surface area contributed by atoms with Gasteiger partial charge in [0, 0.05) is 17.5 Å². The second-order valence-corrected chi connectivity index (χ2v) is 7.36. The van der Waals surface area contributed by atoms with E-state index in [2.05, 4.69) is 17.0 Å². The molecule has 1 atom stereocenters. The number of piperidine rings is 1. The van der Waals surface area contributed by atoms with Gasteiger partial charge in [-0.3, -0.25) is 4.79 Å². The molecule has 2 saturated carbocycles. The third-order valence-electron chi connectivity index (χ3n) is 5.28. The SMILES string of the molecule is O=C1CCC[C@@H](c2ccc(Cl)cc2)N1C(C1CC1)C1CC1. The molecule has 1 aliphatic heterocycles. The molecule has 0 unspecified atom stereocenters. The molecule has 0 N–H and O–H groups in total. The van der Waals surface area contributed by atoms with Gasteiger partial charge < -0.3 is 4.90 Å². The molecular weight excluding hydrogens is 282 g/mol. The van der Waals surface area contributed by atoms with Gasteiger partial charge in [0.05, 0.1) is 6.04 Å². The zero-order valence-electron chi connectivity index (χ0n) is 12.3. The van der Waals surface area contributed by atoms with Crippen molar-refractivity contribution in [3.8, 4) is 0 Å². The van der Waals surface area contributed by atoms with Crippen molar-refractivity contribution in [1.29, 1.82) is 0 Å². The molecule has 3 aliphatic rings. The van der Waals surface area contributed by atoms with E-state index in [4.69, 9.17) is 11.6 Å². The van der Waals surface area contributed by atoms with Crippen LogP contribution in [0.15, 0.2) is 24.3 Å². The minimum Gasteiger partial charge on any atom is -0.332 e. The van der Waals surface area contributed by atoms with Crippen LogP contribution < -0.4 is 0 Å². The van der Waals surface area contributed by atoms with E-state index in [1.165, 1.54) is 31.2 Å². The van der Waals surface area contributed by atoms with Crippen LogP contribution in [0.1, 0.15) is 56.6 Å². The summed E-state index contributed by atoms with van der Waals surface area (Å²) in [6, 6.07) is 8.91.